The van der Waals surface area contributed by atoms with Crippen molar-refractivity contribution < 1.29 is 4.79 Å². The molecule has 1 aliphatic rings. The number of aromatic nitrogens is 2. The average Bonchev–Trinajstić information content (AvgIpc) is 2.66. The van der Waals surface area contributed by atoms with Crippen LogP contribution in [0, 0.1) is 6.92 Å². The van der Waals surface area contributed by atoms with Gasteiger partial charge in [-0.1, -0.05) is 18.2 Å². The molecule has 0 unspecified atom stereocenters. The predicted octanol–water partition coefficient (Wildman–Crippen LogP) is 2.60. The molecule has 0 saturated carbocycles. The third-order valence-electron chi connectivity index (χ3n) is 4.72. The molecule has 0 aliphatic carbocycles. The highest BCUT2D eigenvalue weighted by molar-refractivity contribution is 5.74. The predicted molar refractivity (Wildman–Crippen MR) is 98.4 cm³/mol. The average molecular weight is 339 g/mol. The zero-order chi connectivity index (χ0) is 17.6. The van der Waals surface area contributed by atoms with Crippen molar-refractivity contribution in [2.75, 3.05) is 25.0 Å². The van der Waals surface area contributed by atoms with Crippen molar-refractivity contribution in [2.24, 2.45) is 0 Å². The molecular weight excluding hydrogens is 314 g/mol. The molecule has 1 aromatic carbocycles. The fourth-order valence-electron chi connectivity index (χ4n) is 3.21. The third-order valence-corrected chi connectivity index (χ3v) is 4.72. The van der Waals surface area contributed by atoms with Gasteiger partial charge in [0.1, 0.15) is 5.82 Å². The number of nitrogens with one attached hydrogen (secondary N) is 1. The van der Waals surface area contributed by atoms with Crippen LogP contribution in [0.4, 0.5) is 10.5 Å². The Labute approximate surface area is 148 Å². The van der Waals surface area contributed by atoms with E-state index < -0.39 is 0 Å². The highest BCUT2D eigenvalue weighted by Gasteiger charge is 2.25. The van der Waals surface area contributed by atoms with Gasteiger partial charge in [-0.15, -0.1) is 0 Å². The van der Waals surface area contributed by atoms with Crippen LogP contribution >= 0.6 is 0 Å². The van der Waals surface area contributed by atoms with Gasteiger partial charge in [0.2, 0.25) is 0 Å². The second-order valence-corrected chi connectivity index (χ2v) is 6.42. The van der Waals surface area contributed by atoms with Crippen molar-refractivity contribution in [3.63, 3.8) is 0 Å². The molecule has 132 valence electrons. The number of carbonyl (C=O) groups excluding carboxylic acids is 1. The number of hydrogen-bond donors (Lipinski definition) is 1. The van der Waals surface area contributed by atoms with Crippen LogP contribution in [0.1, 0.15) is 24.4 Å². The van der Waals surface area contributed by atoms with Crippen LogP contribution in [0.2, 0.25) is 0 Å². The Hall–Kier alpha value is -2.63. The van der Waals surface area contributed by atoms with E-state index in [0.717, 1.165) is 37.4 Å². The van der Waals surface area contributed by atoms with Crippen molar-refractivity contribution in [1.29, 1.82) is 0 Å². The third kappa shape index (κ3) is 4.47. The molecule has 2 amide bonds. The van der Waals surface area contributed by atoms with Crippen molar-refractivity contribution >= 4 is 11.7 Å². The normalized spacial score (nSPS) is 15.0. The standard InChI is InChI=1S/C19H25N5O/c1-15-20-11-8-16(22-15)14-21-19(25)24-12-9-18(10-13-24)23(2)17-6-4-3-5-7-17/h3-8,11,18H,9-10,12-14H2,1-2H3,(H,21,25). The van der Waals surface area contributed by atoms with E-state index in [0.29, 0.717) is 12.6 Å². The smallest absolute Gasteiger partial charge is 0.317 e. The Morgan fingerprint density at radius 2 is 1.96 bits per heavy atom. The van der Waals surface area contributed by atoms with Crippen LogP contribution in [0.5, 0.6) is 0 Å². The molecule has 2 heterocycles. The van der Waals surface area contributed by atoms with Crippen LogP contribution in [-0.4, -0.2) is 47.1 Å². The summed E-state index contributed by atoms with van der Waals surface area (Å²) in [7, 11) is 2.13. The highest BCUT2D eigenvalue weighted by atomic mass is 16.2. The van der Waals surface area contributed by atoms with E-state index in [-0.39, 0.29) is 6.03 Å². The van der Waals surface area contributed by atoms with Gasteiger partial charge in [-0.2, -0.15) is 0 Å². The molecule has 1 N–H and O–H groups in total. The first-order valence-corrected chi connectivity index (χ1v) is 8.72. The van der Waals surface area contributed by atoms with Gasteiger partial charge in [-0.25, -0.2) is 14.8 Å². The minimum absolute atomic E-state index is 0.0166. The summed E-state index contributed by atoms with van der Waals surface area (Å²) in [5.41, 5.74) is 2.06. The molecule has 1 fully saturated rings. The Kier molecular flexibility index (Phi) is 5.48. The molecule has 0 bridgehead atoms. The number of likely N-dealkylation sites (tertiary alicyclic amines) is 1. The molecule has 0 radical (unpaired) electrons. The summed E-state index contributed by atoms with van der Waals surface area (Å²) in [4.78, 5) is 24.9. The van der Waals surface area contributed by atoms with Crippen LogP contribution < -0.4 is 10.2 Å². The summed E-state index contributed by atoms with van der Waals surface area (Å²) in [6, 6.07) is 12.7. The summed E-state index contributed by atoms with van der Waals surface area (Å²) < 4.78 is 0. The number of benzene rings is 1. The molecule has 0 atom stereocenters. The van der Waals surface area contributed by atoms with E-state index in [1.807, 2.05) is 24.0 Å². The van der Waals surface area contributed by atoms with Gasteiger partial charge in [0, 0.05) is 38.1 Å². The zero-order valence-corrected chi connectivity index (χ0v) is 14.9. The molecule has 2 aromatic rings. The minimum Gasteiger partial charge on any atom is -0.371 e. The number of nitrogens with zero attached hydrogens (tertiary/aromatic N) is 4. The summed E-state index contributed by atoms with van der Waals surface area (Å²) >= 11 is 0. The maximum absolute atomic E-state index is 12.4. The lowest BCUT2D eigenvalue weighted by molar-refractivity contribution is 0.180. The van der Waals surface area contributed by atoms with Gasteiger partial charge in [0.05, 0.1) is 12.2 Å². The first kappa shape index (κ1) is 17.2. The minimum atomic E-state index is -0.0166. The monoisotopic (exact) mass is 339 g/mol. The lowest BCUT2D eigenvalue weighted by Crippen LogP contribution is -2.48. The van der Waals surface area contributed by atoms with Crippen molar-refractivity contribution in [1.82, 2.24) is 20.2 Å². The second kappa shape index (κ2) is 7.96. The fourth-order valence-corrected chi connectivity index (χ4v) is 3.21. The summed E-state index contributed by atoms with van der Waals surface area (Å²) in [6.07, 6.45) is 3.67. The number of para-hydroxylation sites is 1. The van der Waals surface area contributed by atoms with Crippen LogP contribution in [-0.2, 0) is 6.54 Å². The van der Waals surface area contributed by atoms with Gasteiger partial charge in [0.25, 0.3) is 0 Å². The largest absolute Gasteiger partial charge is 0.371 e. The Balaban J connectivity index is 1.47. The first-order chi connectivity index (χ1) is 12.1. The topological polar surface area (TPSA) is 61.4 Å². The van der Waals surface area contributed by atoms with E-state index in [4.69, 9.17) is 0 Å². The van der Waals surface area contributed by atoms with Crippen molar-refractivity contribution in [3.8, 4) is 0 Å². The molecule has 3 rings (SSSR count). The fraction of sp³-hybridized carbons (Fsp3) is 0.421. The number of carbonyl (C=O) groups is 1. The quantitative estimate of drug-likeness (QED) is 0.930. The maximum atomic E-state index is 12.4. The van der Waals surface area contributed by atoms with E-state index in [2.05, 4.69) is 51.5 Å². The van der Waals surface area contributed by atoms with Gasteiger partial charge in [-0.3, -0.25) is 0 Å². The van der Waals surface area contributed by atoms with Gasteiger partial charge < -0.3 is 15.1 Å². The summed E-state index contributed by atoms with van der Waals surface area (Å²) in [6.45, 7) is 3.83. The Morgan fingerprint density at radius 1 is 1.24 bits per heavy atom. The lowest BCUT2D eigenvalue weighted by atomic mass is 10.0. The second-order valence-electron chi connectivity index (χ2n) is 6.42. The van der Waals surface area contributed by atoms with Gasteiger partial charge in [-0.05, 0) is 38.0 Å². The first-order valence-electron chi connectivity index (χ1n) is 8.72. The molecule has 25 heavy (non-hydrogen) atoms. The Morgan fingerprint density at radius 3 is 2.64 bits per heavy atom. The molecule has 6 nitrogen and oxygen atoms in total. The Bertz CT molecular complexity index is 698. The molecular formula is C19H25N5O. The van der Waals surface area contributed by atoms with Gasteiger partial charge >= 0.3 is 6.03 Å². The van der Waals surface area contributed by atoms with Crippen LogP contribution in [0.25, 0.3) is 0 Å². The molecule has 0 spiro atoms. The van der Waals surface area contributed by atoms with E-state index in [1.165, 1.54) is 5.69 Å². The number of urea groups is 1. The summed E-state index contributed by atoms with van der Waals surface area (Å²) in [5, 5.41) is 2.95. The van der Waals surface area contributed by atoms with E-state index in [9.17, 15) is 4.79 Å². The highest BCUT2D eigenvalue weighted by Crippen LogP contribution is 2.21. The van der Waals surface area contributed by atoms with Crippen LogP contribution in [0.15, 0.2) is 42.6 Å². The number of aryl methyl sites for hydroxylation is 1. The van der Waals surface area contributed by atoms with E-state index in [1.54, 1.807) is 6.20 Å². The molecule has 1 saturated heterocycles. The van der Waals surface area contributed by atoms with Crippen molar-refractivity contribution in [2.45, 2.75) is 32.4 Å². The number of anilines is 1. The number of piperidine rings is 1. The van der Waals surface area contributed by atoms with Crippen LogP contribution in [0.3, 0.4) is 0 Å². The molecule has 1 aromatic heterocycles. The molecule has 6 heteroatoms. The van der Waals surface area contributed by atoms with E-state index >= 15 is 0 Å². The zero-order valence-electron chi connectivity index (χ0n) is 14.9. The summed E-state index contributed by atoms with van der Waals surface area (Å²) in [5.74, 6) is 0.719. The lowest BCUT2D eigenvalue weighted by Gasteiger charge is -2.37. The number of hydrogen-bond acceptors (Lipinski definition) is 4. The SMILES string of the molecule is Cc1nccc(CNC(=O)N2CCC(N(C)c3ccccc3)CC2)n1. The molecule has 1 aliphatic heterocycles. The van der Waals surface area contributed by atoms with Crippen molar-refractivity contribution in [3.05, 3.63) is 54.1 Å². The maximum Gasteiger partial charge on any atom is 0.317 e. The number of amides is 2. The van der Waals surface area contributed by atoms with Gasteiger partial charge in [0.15, 0.2) is 0 Å². The number of rotatable bonds is 4.